The van der Waals surface area contributed by atoms with Gasteiger partial charge in [0.1, 0.15) is 5.65 Å². The van der Waals surface area contributed by atoms with E-state index in [1.165, 1.54) is 19.2 Å². The number of pyridine rings is 1. The van der Waals surface area contributed by atoms with Crippen molar-refractivity contribution >= 4 is 32.8 Å². The smallest absolute Gasteiger partial charge is 0.199 e. The SMILES string of the molecule is CCn1c2cc(F)c(OC)cc2c(=O)c2c3ccc(C#N)cc3[nH]c21. The number of rotatable bonds is 2. The molecule has 0 unspecified atom stereocenters. The average Bonchev–Trinajstić information content (AvgIpc) is 3.00. The lowest BCUT2D eigenvalue weighted by molar-refractivity contribution is 0.387. The van der Waals surface area contributed by atoms with Crippen LogP contribution in [-0.2, 0) is 6.54 Å². The molecule has 0 aliphatic rings. The summed E-state index contributed by atoms with van der Waals surface area (Å²) in [6.07, 6.45) is 0. The molecule has 25 heavy (non-hydrogen) atoms. The van der Waals surface area contributed by atoms with Gasteiger partial charge in [-0.1, -0.05) is 6.07 Å². The maximum absolute atomic E-state index is 14.2. The van der Waals surface area contributed by atoms with E-state index in [9.17, 15) is 9.18 Å². The van der Waals surface area contributed by atoms with E-state index in [4.69, 9.17) is 10.00 Å². The third-order valence-corrected chi connectivity index (χ3v) is 4.53. The molecule has 0 bridgehead atoms. The van der Waals surface area contributed by atoms with Gasteiger partial charge in [-0.05, 0) is 25.1 Å². The van der Waals surface area contributed by atoms with Crippen LogP contribution in [0.25, 0.3) is 32.8 Å². The standard InChI is InChI=1S/C19H14FN3O2/c1-3-23-15-8-13(20)16(25-2)7-12(15)18(24)17-11-5-4-10(9-21)6-14(11)22-19(17)23/h4-8,22H,3H2,1-2H3. The molecule has 0 radical (unpaired) electrons. The normalized spacial score (nSPS) is 11.3. The Balaban J connectivity index is 2.28. The minimum Gasteiger partial charge on any atom is -0.494 e. The van der Waals surface area contributed by atoms with Gasteiger partial charge < -0.3 is 14.3 Å². The number of H-pyrrole nitrogens is 1. The molecule has 0 saturated heterocycles. The third-order valence-electron chi connectivity index (χ3n) is 4.53. The maximum Gasteiger partial charge on any atom is 0.199 e. The zero-order valence-corrected chi connectivity index (χ0v) is 13.7. The van der Waals surface area contributed by atoms with Gasteiger partial charge in [-0.15, -0.1) is 0 Å². The second kappa shape index (κ2) is 5.35. The Hall–Kier alpha value is -3.33. The Labute approximate surface area is 141 Å². The lowest BCUT2D eigenvalue weighted by Crippen LogP contribution is -2.11. The van der Waals surface area contributed by atoms with Crippen LogP contribution in [0, 0.1) is 17.1 Å². The van der Waals surface area contributed by atoms with Crippen molar-refractivity contribution in [1.29, 1.82) is 5.26 Å². The Bertz CT molecular complexity index is 1260. The number of hydrogen-bond acceptors (Lipinski definition) is 3. The first kappa shape index (κ1) is 15.2. The summed E-state index contributed by atoms with van der Waals surface area (Å²) in [5.41, 5.74) is 2.15. The molecule has 0 atom stereocenters. The fraction of sp³-hybridized carbons (Fsp3) is 0.158. The monoisotopic (exact) mass is 335 g/mol. The van der Waals surface area contributed by atoms with Crippen molar-refractivity contribution in [1.82, 2.24) is 9.55 Å². The highest BCUT2D eigenvalue weighted by molar-refractivity contribution is 6.10. The molecule has 6 heteroatoms. The zero-order valence-electron chi connectivity index (χ0n) is 13.7. The maximum atomic E-state index is 14.2. The summed E-state index contributed by atoms with van der Waals surface area (Å²) in [4.78, 5) is 16.3. The minimum absolute atomic E-state index is 0.0400. The predicted molar refractivity (Wildman–Crippen MR) is 94.5 cm³/mol. The number of aryl methyl sites for hydroxylation is 1. The van der Waals surface area contributed by atoms with Crippen LogP contribution in [0.1, 0.15) is 12.5 Å². The van der Waals surface area contributed by atoms with Crippen molar-refractivity contribution in [2.24, 2.45) is 0 Å². The second-order valence-corrected chi connectivity index (χ2v) is 5.80. The molecule has 0 aliphatic heterocycles. The van der Waals surface area contributed by atoms with Crippen molar-refractivity contribution in [3.8, 4) is 11.8 Å². The van der Waals surface area contributed by atoms with Gasteiger partial charge in [0.05, 0.1) is 35.0 Å². The molecule has 2 heterocycles. The third kappa shape index (κ3) is 2.02. The van der Waals surface area contributed by atoms with Crippen LogP contribution in [-0.4, -0.2) is 16.7 Å². The number of ether oxygens (including phenoxy) is 1. The molecule has 2 aromatic heterocycles. The highest BCUT2D eigenvalue weighted by Gasteiger charge is 2.18. The van der Waals surface area contributed by atoms with Crippen LogP contribution in [0.15, 0.2) is 35.1 Å². The molecule has 0 amide bonds. The van der Waals surface area contributed by atoms with Crippen LogP contribution in [0.5, 0.6) is 5.75 Å². The van der Waals surface area contributed by atoms with Crippen LogP contribution in [0.2, 0.25) is 0 Å². The summed E-state index contributed by atoms with van der Waals surface area (Å²) in [6, 6.07) is 10.0. The quantitative estimate of drug-likeness (QED) is 0.607. The lowest BCUT2D eigenvalue weighted by atomic mass is 10.1. The van der Waals surface area contributed by atoms with E-state index in [2.05, 4.69) is 11.1 Å². The molecule has 124 valence electrons. The first-order valence-corrected chi connectivity index (χ1v) is 7.84. The summed E-state index contributed by atoms with van der Waals surface area (Å²) < 4.78 is 21.1. The lowest BCUT2D eigenvalue weighted by Gasteiger charge is -2.12. The Kier molecular flexibility index (Phi) is 3.25. The number of nitriles is 1. The number of halogens is 1. The van der Waals surface area contributed by atoms with E-state index < -0.39 is 5.82 Å². The summed E-state index contributed by atoms with van der Waals surface area (Å²) in [5, 5.41) is 10.8. The van der Waals surface area contributed by atoms with Gasteiger partial charge in [0, 0.05) is 23.5 Å². The van der Waals surface area contributed by atoms with Gasteiger partial charge >= 0.3 is 0 Å². The fourth-order valence-electron chi connectivity index (χ4n) is 3.37. The molecule has 4 aromatic rings. The summed E-state index contributed by atoms with van der Waals surface area (Å²) in [6.45, 7) is 2.48. The molecule has 4 rings (SSSR count). The van der Waals surface area contributed by atoms with E-state index in [1.54, 1.807) is 18.2 Å². The van der Waals surface area contributed by atoms with Crippen LogP contribution in [0.4, 0.5) is 4.39 Å². The molecule has 0 spiro atoms. The Morgan fingerprint density at radius 2 is 2.08 bits per heavy atom. The number of methoxy groups -OCH3 is 1. The van der Waals surface area contributed by atoms with Gasteiger partial charge in [-0.25, -0.2) is 4.39 Å². The number of fused-ring (bicyclic) bond motifs is 4. The van der Waals surface area contributed by atoms with E-state index in [0.29, 0.717) is 39.6 Å². The largest absolute Gasteiger partial charge is 0.494 e. The van der Waals surface area contributed by atoms with E-state index >= 15 is 0 Å². The van der Waals surface area contributed by atoms with Gasteiger partial charge in [-0.2, -0.15) is 5.26 Å². The summed E-state index contributed by atoms with van der Waals surface area (Å²) in [5.74, 6) is -0.475. The highest BCUT2D eigenvalue weighted by Crippen LogP contribution is 2.29. The van der Waals surface area contributed by atoms with Gasteiger partial charge in [-0.3, -0.25) is 4.79 Å². The summed E-state index contributed by atoms with van der Waals surface area (Å²) in [7, 11) is 1.37. The van der Waals surface area contributed by atoms with Crippen molar-refractivity contribution in [3.63, 3.8) is 0 Å². The number of nitrogens with zero attached hydrogens (tertiary/aromatic N) is 2. The van der Waals surface area contributed by atoms with Crippen LogP contribution < -0.4 is 10.2 Å². The van der Waals surface area contributed by atoms with Gasteiger partial charge in [0.2, 0.25) is 0 Å². The van der Waals surface area contributed by atoms with Gasteiger partial charge in [0.25, 0.3) is 0 Å². The molecule has 0 saturated carbocycles. The van der Waals surface area contributed by atoms with Crippen LogP contribution >= 0.6 is 0 Å². The minimum atomic E-state index is -0.515. The number of nitrogens with one attached hydrogen (secondary N) is 1. The first-order chi connectivity index (χ1) is 12.1. The van der Waals surface area contributed by atoms with Crippen molar-refractivity contribution in [2.75, 3.05) is 7.11 Å². The van der Waals surface area contributed by atoms with E-state index in [0.717, 1.165) is 5.39 Å². The average molecular weight is 335 g/mol. The van der Waals surface area contributed by atoms with Crippen molar-refractivity contribution < 1.29 is 9.13 Å². The second-order valence-electron chi connectivity index (χ2n) is 5.80. The van der Waals surface area contributed by atoms with E-state index in [-0.39, 0.29) is 11.2 Å². The fourth-order valence-corrected chi connectivity index (χ4v) is 3.37. The molecule has 5 nitrogen and oxygen atoms in total. The number of aromatic amines is 1. The molecular formula is C19H14FN3O2. The number of aromatic nitrogens is 2. The zero-order chi connectivity index (χ0) is 17.7. The molecular weight excluding hydrogens is 321 g/mol. The molecule has 0 aliphatic carbocycles. The Morgan fingerprint density at radius 3 is 2.76 bits per heavy atom. The highest BCUT2D eigenvalue weighted by atomic mass is 19.1. The molecule has 1 N–H and O–H groups in total. The number of benzene rings is 2. The molecule has 2 aromatic carbocycles. The number of hydrogen-bond donors (Lipinski definition) is 1. The van der Waals surface area contributed by atoms with Gasteiger partial charge in [0.15, 0.2) is 17.0 Å². The van der Waals surface area contributed by atoms with Crippen molar-refractivity contribution in [3.05, 3.63) is 51.9 Å². The van der Waals surface area contributed by atoms with E-state index in [1.807, 2.05) is 11.5 Å². The topological polar surface area (TPSA) is 70.8 Å². The summed E-state index contributed by atoms with van der Waals surface area (Å²) >= 11 is 0. The van der Waals surface area contributed by atoms with Crippen molar-refractivity contribution in [2.45, 2.75) is 13.5 Å². The Morgan fingerprint density at radius 1 is 1.28 bits per heavy atom. The van der Waals surface area contributed by atoms with Crippen LogP contribution in [0.3, 0.4) is 0 Å². The first-order valence-electron chi connectivity index (χ1n) is 7.84. The molecule has 0 fully saturated rings. The predicted octanol–water partition coefficient (Wildman–Crippen LogP) is 3.68.